The van der Waals surface area contributed by atoms with Gasteiger partial charge in [0.15, 0.2) is 0 Å². The maximum absolute atomic E-state index is 5.53. The normalized spacial score (nSPS) is 12.4. The first-order valence-electron chi connectivity index (χ1n) is 5.53. The van der Waals surface area contributed by atoms with Crippen LogP contribution in [0.5, 0.6) is 0 Å². The summed E-state index contributed by atoms with van der Waals surface area (Å²) in [5, 5.41) is 7.44. The standard InChI is InChI=1S/C11H16N6/c1-9(7-17-4-2-3-15-17)16-11-5-10(6-12)13-8-14-11/h2-5,8-9H,6-7,12H2,1H3,(H,13,14,16)/t9-/m1/s1. The van der Waals surface area contributed by atoms with Crippen LogP contribution in [-0.4, -0.2) is 25.8 Å². The lowest BCUT2D eigenvalue weighted by molar-refractivity contribution is 0.559. The molecule has 17 heavy (non-hydrogen) atoms. The van der Waals surface area contributed by atoms with Gasteiger partial charge in [0.25, 0.3) is 0 Å². The minimum atomic E-state index is 0.232. The van der Waals surface area contributed by atoms with Gasteiger partial charge in [-0.3, -0.25) is 4.68 Å². The van der Waals surface area contributed by atoms with E-state index in [1.54, 1.807) is 6.20 Å². The molecule has 2 rings (SSSR count). The lowest BCUT2D eigenvalue weighted by Gasteiger charge is -2.14. The van der Waals surface area contributed by atoms with Crippen LogP contribution < -0.4 is 11.1 Å². The Morgan fingerprint density at radius 3 is 3.06 bits per heavy atom. The van der Waals surface area contributed by atoms with E-state index in [0.29, 0.717) is 6.54 Å². The SMILES string of the molecule is C[C@H](Cn1cccn1)Nc1cc(CN)ncn1. The zero-order chi connectivity index (χ0) is 12.1. The molecule has 2 aromatic rings. The molecule has 90 valence electrons. The molecule has 2 aromatic heterocycles. The second-order valence-corrected chi connectivity index (χ2v) is 3.87. The Bertz CT molecular complexity index is 453. The van der Waals surface area contributed by atoms with E-state index in [4.69, 9.17) is 5.73 Å². The first-order chi connectivity index (χ1) is 8.28. The molecule has 0 aliphatic carbocycles. The van der Waals surface area contributed by atoms with E-state index in [1.165, 1.54) is 6.33 Å². The third kappa shape index (κ3) is 3.25. The van der Waals surface area contributed by atoms with Gasteiger partial charge in [0, 0.05) is 31.0 Å². The van der Waals surface area contributed by atoms with Crippen molar-refractivity contribution in [2.45, 2.75) is 26.1 Å². The fourth-order valence-electron chi connectivity index (χ4n) is 1.58. The molecule has 0 fully saturated rings. The molecule has 0 aliphatic heterocycles. The highest BCUT2D eigenvalue weighted by molar-refractivity contribution is 5.35. The van der Waals surface area contributed by atoms with Crippen LogP contribution in [0.25, 0.3) is 0 Å². The van der Waals surface area contributed by atoms with Crippen LogP contribution in [-0.2, 0) is 13.1 Å². The number of nitrogens with zero attached hydrogens (tertiary/aromatic N) is 4. The van der Waals surface area contributed by atoms with Crippen molar-refractivity contribution in [3.05, 3.63) is 36.5 Å². The van der Waals surface area contributed by atoms with Gasteiger partial charge >= 0.3 is 0 Å². The number of nitrogens with one attached hydrogen (secondary N) is 1. The minimum absolute atomic E-state index is 0.232. The van der Waals surface area contributed by atoms with Crippen molar-refractivity contribution in [3.63, 3.8) is 0 Å². The number of anilines is 1. The highest BCUT2D eigenvalue weighted by atomic mass is 15.3. The van der Waals surface area contributed by atoms with Crippen LogP contribution in [0.1, 0.15) is 12.6 Å². The Morgan fingerprint density at radius 2 is 2.35 bits per heavy atom. The first-order valence-corrected chi connectivity index (χ1v) is 5.53. The largest absolute Gasteiger partial charge is 0.366 e. The maximum Gasteiger partial charge on any atom is 0.129 e. The molecule has 6 heteroatoms. The quantitative estimate of drug-likeness (QED) is 0.790. The summed E-state index contributed by atoms with van der Waals surface area (Å²) in [6.45, 7) is 3.28. The van der Waals surface area contributed by atoms with E-state index in [9.17, 15) is 0 Å². The Balaban J connectivity index is 1.95. The molecule has 0 spiro atoms. The number of hydrogen-bond acceptors (Lipinski definition) is 5. The number of aromatic nitrogens is 4. The number of nitrogens with two attached hydrogens (primary N) is 1. The van der Waals surface area contributed by atoms with Gasteiger partial charge in [-0.2, -0.15) is 5.10 Å². The zero-order valence-electron chi connectivity index (χ0n) is 9.74. The van der Waals surface area contributed by atoms with Gasteiger partial charge in [-0.1, -0.05) is 0 Å². The van der Waals surface area contributed by atoms with E-state index < -0.39 is 0 Å². The smallest absolute Gasteiger partial charge is 0.129 e. The lowest BCUT2D eigenvalue weighted by Crippen LogP contribution is -2.23. The second kappa shape index (κ2) is 5.40. The summed E-state index contributed by atoms with van der Waals surface area (Å²) in [5.41, 5.74) is 6.35. The van der Waals surface area contributed by atoms with Crippen molar-refractivity contribution in [1.82, 2.24) is 19.7 Å². The molecule has 0 aromatic carbocycles. The van der Waals surface area contributed by atoms with Gasteiger partial charge in [-0.15, -0.1) is 0 Å². The maximum atomic E-state index is 5.53. The van der Waals surface area contributed by atoms with Crippen molar-refractivity contribution in [2.24, 2.45) is 5.73 Å². The minimum Gasteiger partial charge on any atom is -0.366 e. The molecule has 0 saturated heterocycles. The topological polar surface area (TPSA) is 81.7 Å². The Kier molecular flexibility index (Phi) is 3.66. The molecule has 0 amide bonds. The van der Waals surface area contributed by atoms with Gasteiger partial charge in [-0.05, 0) is 13.0 Å². The summed E-state index contributed by atoms with van der Waals surface area (Å²) >= 11 is 0. The van der Waals surface area contributed by atoms with Gasteiger partial charge in [-0.25, -0.2) is 9.97 Å². The highest BCUT2D eigenvalue weighted by Crippen LogP contribution is 2.06. The summed E-state index contributed by atoms with van der Waals surface area (Å²) in [5.74, 6) is 0.792. The fraction of sp³-hybridized carbons (Fsp3) is 0.364. The Morgan fingerprint density at radius 1 is 1.47 bits per heavy atom. The van der Waals surface area contributed by atoms with E-state index in [2.05, 4.69) is 27.3 Å². The highest BCUT2D eigenvalue weighted by Gasteiger charge is 2.04. The average molecular weight is 232 g/mol. The van der Waals surface area contributed by atoms with Crippen molar-refractivity contribution < 1.29 is 0 Å². The van der Waals surface area contributed by atoms with Gasteiger partial charge in [0.1, 0.15) is 12.1 Å². The number of hydrogen-bond donors (Lipinski definition) is 2. The van der Waals surface area contributed by atoms with E-state index in [-0.39, 0.29) is 6.04 Å². The fourth-order valence-corrected chi connectivity index (χ4v) is 1.58. The van der Waals surface area contributed by atoms with Crippen molar-refractivity contribution in [1.29, 1.82) is 0 Å². The summed E-state index contributed by atoms with van der Waals surface area (Å²) in [4.78, 5) is 8.20. The number of rotatable bonds is 5. The third-order valence-corrected chi connectivity index (χ3v) is 2.35. The summed E-state index contributed by atoms with van der Waals surface area (Å²) in [7, 11) is 0. The predicted octanol–water partition coefficient (Wildman–Crippen LogP) is 0.632. The predicted molar refractivity (Wildman–Crippen MR) is 65.2 cm³/mol. The van der Waals surface area contributed by atoms with Crippen LogP contribution in [0.4, 0.5) is 5.82 Å². The van der Waals surface area contributed by atoms with Gasteiger partial charge in [0.05, 0.1) is 12.2 Å². The van der Waals surface area contributed by atoms with Crippen LogP contribution in [0.15, 0.2) is 30.9 Å². The molecule has 6 nitrogen and oxygen atoms in total. The first kappa shape index (κ1) is 11.5. The average Bonchev–Trinajstić information content (AvgIpc) is 2.82. The molecule has 0 bridgehead atoms. The molecule has 2 heterocycles. The molecule has 0 radical (unpaired) electrons. The molecular weight excluding hydrogens is 216 g/mol. The van der Waals surface area contributed by atoms with Crippen molar-refractivity contribution in [3.8, 4) is 0 Å². The molecule has 1 atom stereocenters. The van der Waals surface area contributed by atoms with E-state index in [1.807, 2.05) is 23.0 Å². The van der Waals surface area contributed by atoms with Crippen molar-refractivity contribution >= 4 is 5.82 Å². The molecule has 3 N–H and O–H groups in total. The zero-order valence-corrected chi connectivity index (χ0v) is 9.74. The summed E-state index contributed by atoms with van der Waals surface area (Å²) in [6, 6.07) is 4.00. The van der Waals surface area contributed by atoms with Crippen LogP contribution in [0.3, 0.4) is 0 Å². The third-order valence-electron chi connectivity index (χ3n) is 2.35. The van der Waals surface area contributed by atoms with Gasteiger partial charge < -0.3 is 11.1 Å². The van der Waals surface area contributed by atoms with Crippen LogP contribution in [0, 0.1) is 0 Å². The molecule has 0 aliphatic rings. The summed E-state index contributed by atoms with van der Waals surface area (Å²) < 4.78 is 1.88. The molecular formula is C11H16N6. The van der Waals surface area contributed by atoms with Crippen LogP contribution in [0.2, 0.25) is 0 Å². The lowest BCUT2D eigenvalue weighted by atomic mass is 10.3. The molecule has 0 saturated carbocycles. The molecule has 0 unspecified atom stereocenters. The second-order valence-electron chi connectivity index (χ2n) is 3.87. The van der Waals surface area contributed by atoms with E-state index in [0.717, 1.165) is 18.1 Å². The monoisotopic (exact) mass is 232 g/mol. The van der Waals surface area contributed by atoms with Crippen LogP contribution >= 0.6 is 0 Å². The van der Waals surface area contributed by atoms with Crippen molar-refractivity contribution in [2.75, 3.05) is 5.32 Å². The van der Waals surface area contributed by atoms with Gasteiger partial charge in [0.2, 0.25) is 0 Å². The van der Waals surface area contributed by atoms with E-state index >= 15 is 0 Å². The Hall–Kier alpha value is -1.95. The summed E-state index contributed by atoms with van der Waals surface area (Å²) in [6.07, 6.45) is 5.22. The Labute approximate surface area is 99.9 Å².